The molecule has 0 fully saturated rings. The first-order chi connectivity index (χ1) is 10.5. The first kappa shape index (κ1) is 14.5. The zero-order valence-electron chi connectivity index (χ0n) is 10.9. The number of rotatable bonds is 2. The van der Waals surface area contributed by atoms with E-state index in [2.05, 4.69) is 4.98 Å². The van der Waals surface area contributed by atoms with Crippen molar-refractivity contribution in [2.75, 3.05) is 0 Å². The number of hydrogen-bond donors (Lipinski definition) is 1. The molecule has 0 radical (unpaired) electrons. The Bertz CT molecular complexity index is 884. The summed E-state index contributed by atoms with van der Waals surface area (Å²) in [7, 11) is 0. The molecule has 0 unspecified atom stereocenters. The topological polar surface area (TPSA) is 32.9 Å². The average Bonchev–Trinajstić information content (AvgIpc) is 2.89. The van der Waals surface area contributed by atoms with E-state index in [9.17, 15) is 26.7 Å². The van der Waals surface area contributed by atoms with Crippen molar-refractivity contribution in [2.45, 2.75) is 12.8 Å². The summed E-state index contributed by atoms with van der Waals surface area (Å²) in [6.45, 7) is 0. The molecule has 0 bridgehead atoms. The number of aldehydes is 1. The molecule has 0 saturated carbocycles. The lowest BCUT2D eigenvalue weighted by atomic mass is 10.0. The summed E-state index contributed by atoms with van der Waals surface area (Å²) in [4.78, 5) is 13.8. The average molecular weight is 313 g/mol. The second kappa shape index (κ2) is 5.08. The van der Waals surface area contributed by atoms with E-state index in [0.29, 0.717) is 29.7 Å². The summed E-state index contributed by atoms with van der Waals surface area (Å²) in [5.74, 6) is -10.3. The molecule has 0 spiro atoms. The standard InChI is InChI=1S/C15H8F5NO/c16-10-9(11(17)13(19)14(20)12(10)18)15-7(5-22)6-3-1-2-4-8(6)21-15/h3-5,21H,1-2H2. The highest BCUT2D eigenvalue weighted by Crippen LogP contribution is 2.31. The normalized spacial score (nSPS) is 13.3. The van der Waals surface area contributed by atoms with Gasteiger partial charge in [-0.15, -0.1) is 0 Å². The number of aromatic amines is 1. The molecule has 0 amide bonds. The van der Waals surface area contributed by atoms with Gasteiger partial charge in [-0.25, -0.2) is 22.0 Å². The van der Waals surface area contributed by atoms with Crippen LogP contribution in [0.25, 0.3) is 23.4 Å². The zero-order valence-corrected chi connectivity index (χ0v) is 10.9. The molecule has 1 N–H and O–H groups in total. The molecule has 7 heteroatoms. The predicted molar refractivity (Wildman–Crippen MR) is 68.8 cm³/mol. The third-order valence-electron chi connectivity index (χ3n) is 3.55. The Hall–Kier alpha value is -2.44. The maximum Gasteiger partial charge on any atom is 0.200 e. The van der Waals surface area contributed by atoms with E-state index in [1.165, 1.54) is 0 Å². The van der Waals surface area contributed by atoms with Crippen LogP contribution in [0.3, 0.4) is 0 Å². The van der Waals surface area contributed by atoms with Crippen molar-refractivity contribution < 1.29 is 26.7 Å². The van der Waals surface area contributed by atoms with Crippen molar-refractivity contribution in [3.63, 3.8) is 0 Å². The summed E-state index contributed by atoms with van der Waals surface area (Å²) < 4.78 is 67.5. The van der Waals surface area contributed by atoms with Crippen molar-refractivity contribution in [1.82, 2.24) is 4.98 Å². The zero-order chi connectivity index (χ0) is 16.0. The summed E-state index contributed by atoms with van der Waals surface area (Å²) in [5, 5.41) is 0.826. The Morgan fingerprint density at radius 1 is 0.864 bits per heavy atom. The van der Waals surface area contributed by atoms with Gasteiger partial charge in [0.1, 0.15) is 0 Å². The van der Waals surface area contributed by atoms with Crippen molar-refractivity contribution in [3.05, 3.63) is 45.2 Å². The Morgan fingerprint density at radius 3 is 2.00 bits per heavy atom. The van der Waals surface area contributed by atoms with Crippen LogP contribution in [0, 0.1) is 29.1 Å². The minimum absolute atomic E-state index is 0.130. The SMILES string of the molecule is O=Cc1c(-c2c(F)c(F)c(F)c(F)c2F)[nH]c2c1=CCCC=2. The quantitative estimate of drug-likeness (QED) is 0.393. The van der Waals surface area contributed by atoms with Gasteiger partial charge in [-0.2, -0.15) is 0 Å². The molecule has 0 aliphatic heterocycles. The highest BCUT2D eigenvalue weighted by Gasteiger charge is 2.29. The van der Waals surface area contributed by atoms with Gasteiger partial charge in [0.15, 0.2) is 29.6 Å². The summed E-state index contributed by atoms with van der Waals surface area (Å²) >= 11 is 0. The lowest BCUT2D eigenvalue weighted by Crippen LogP contribution is -2.26. The third-order valence-corrected chi connectivity index (χ3v) is 3.55. The molecule has 114 valence electrons. The molecule has 1 aliphatic carbocycles. The smallest absolute Gasteiger partial charge is 0.200 e. The van der Waals surface area contributed by atoms with Crippen LogP contribution in [0.5, 0.6) is 0 Å². The molecule has 1 aromatic heterocycles. The Balaban J connectivity index is 2.45. The van der Waals surface area contributed by atoms with E-state index < -0.39 is 40.3 Å². The first-order valence-electron chi connectivity index (χ1n) is 6.36. The Kier molecular flexibility index (Phi) is 3.35. The molecule has 22 heavy (non-hydrogen) atoms. The van der Waals surface area contributed by atoms with E-state index in [1.54, 1.807) is 12.2 Å². The van der Waals surface area contributed by atoms with Gasteiger partial charge >= 0.3 is 0 Å². The summed E-state index contributed by atoms with van der Waals surface area (Å²) in [5.41, 5.74) is -1.67. The number of halogens is 5. The predicted octanol–water partition coefficient (Wildman–Crippen LogP) is 2.54. The lowest BCUT2D eigenvalue weighted by molar-refractivity contribution is 0.112. The van der Waals surface area contributed by atoms with E-state index in [1.807, 2.05) is 0 Å². The molecule has 2 nitrogen and oxygen atoms in total. The summed E-state index contributed by atoms with van der Waals surface area (Å²) in [6, 6.07) is 0. The van der Waals surface area contributed by atoms with Crippen molar-refractivity contribution in [2.24, 2.45) is 0 Å². The van der Waals surface area contributed by atoms with Gasteiger partial charge in [-0.05, 0) is 12.8 Å². The van der Waals surface area contributed by atoms with Crippen molar-refractivity contribution >= 4 is 18.4 Å². The molecule has 1 aromatic carbocycles. The van der Waals surface area contributed by atoms with Gasteiger partial charge < -0.3 is 4.98 Å². The van der Waals surface area contributed by atoms with E-state index >= 15 is 0 Å². The van der Waals surface area contributed by atoms with Gasteiger partial charge in [0.05, 0.1) is 11.3 Å². The van der Waals surface area contributed by atoms with Crippen LogP contribution in [0.4, 0.5) is 22.0 Å². The molecular weight excluding hydrogens is 305 g/mol. The van der Waals surface area contributed by atoms with Crippen LogP contribution in [0.15, 0.2) is 0 Å². The third kappa shape index (κ3) is 1.88. The molecule has 1 heterocycles. The fourth-order valence-corrected chi connectivity index (χ4v) is 2.53. The Morgan fingerprint density at radius 2 is 1.41 bits per heavy atom. The monoisotopic (exact) mass is 313 g/mol. The number of carbonyl (C=O) groups is 1. The molecular formula is C15H8F5NO. The lowest BCUT2D eigenvalue weighted by Gasteiger charge is -2.07. The van der Waals surface area contributed by atoms with Crippen LogP contribution in [-0.2, 0) is 0 Å². The molecule has 2 aromatic rings. The van der Waals surface area contributed by atoms with E-state index in [0.717, 1.165) is 0 Å². The molecule has 0 saturated heterocycles. The van der Waals surface area contributed by atoms with Gasteiger partial charge in [-0.1, -0.05) is 12.2 Å². The van der Waals surface area contributed by atoms with Crippen LogP contribution in [-0.4, -0.2) is 11.3 Å². The number of hydrogen-bond acceptors (Lipinski definition) is 1. The number of nitrogens with one attached hydrogen (secondary N) is 1. The van der Waals surface area contributed by atoms with Gasteiger partial charge in [0, 0.05) is 16.1 Å². The maximum absolute atomic E-state index is 13.9. The maximum atomic E-state index is 13.9. The van der Waals surface area contributed by atoms with Crippen LogP contribution >= 0.6 is 0 Å². The number of H-pyrrole nitrogens is 1. The number of fused-ring (bicyclic) bond motifs is 1. The number of aromatic nitrogens is 1. The van der Waals surface area contributed by atoms with E-state index in [4.69, 9.17) is 0 Å². The largest absolute Gasteiger partial charge is 0.354 e. The Labute approximate surface area is 120 Å². The highest BCUT2D eigenvalue weighted by molar-refractivity contribution is 5.87. The summed E-state index contributed by atoms with van der Waals surface area (Å²) in [6.07, 6.45) is 4.95. The van der Waals surface area contributed by atoms with Gasteiger partial charge in [-0.3, -0.25) is 4.79 Å². The fraction of sp³-hybridized carbons (Fsp3) is 0.133. The highest BCUT2D eigenvalue weighted by atomic mass is 19.2. The molecule has 3 rings (SSSR count). The fourth-order valence-electron chi connectivity index (χ4n) is 2.53. The number of benzene rings is 1. The minimum atomic E-state index is -2.24. The second-order valence-electron chi connectivity index (χ2n) is 4.79. The van der Waals surface area contributed by atoms with Gasteiger partial charge in [0.2, 0.25) is 5.82 Å². The van der Waals surface area contributed by atoms with Crippen molar-refractivity contribution in [3.8, 4) is 11.3 Å². The van der Waals surface area contributed by atoms with Crippen LogP contribution in [0.2, 0.25) is 0 Å². The van der Waals surface area contributed by atoms with Crippen LogP contribution in [0.1, 0.15) is 23.2 Å². The first-order valence-corrected chi connectivity index (χ1v) is 6.36. The van der Waals surface area contributed by atoms with Crippen molar-refractivity contribution in [1.29, 1.82) is 0 Å². The molecule has 1 aliphatic rings. The number of carbonyl (C=O) groups excluding carboxylic acids is 1. The second-order valence-corrected chi connectivity index (χ2v) is 4.79. The van der Waals surface area contributed by atoms with Gasteiger partial charge in [0.25, 0.3) is 0 Å². The molecule has 0 atom stereocenters. The minimum Gasteiger partial charge on any atom is -0.354 e. The van der Waals surface area contributed by atoms with E-state index in [-0.39, 0.29) is 5.56 Å². The van der Waals surface area contributed by atoms with Crippen LogP contribution < -0.4 is 10.6 Å².